The SMILES string of the molecule is CC1CCN(c2cc(N3CCC(C)CC3)c([N+](=O)[O-])cc2/C=N\NC(=O)c2nonc2N)CC1. The Balaban J connectivity index is 1.67. The van der Waals surface area contributed by atoms with Crippen molar-refractivity contribution in [1.82, 2.24) is 15.7 Å². The molecule has 182 valence electrons. The summed E-state index contributed by atoms with van der Waals surface area (Å²) in [6.07, 6.45) is 5.51. The number of hydrogen-bond donors (Lipinski definition) is 2. The standard InChI is InChI=1S/C22H30N8O4/c1-14-3-7-28(8-4-14)17-12-18(29-9-5-15(2)6-10-29)19(30(32)33)11-16(17)13-24-25-22(31)20-21(23)27-34-26-20/h11-15H,3-10H2,1-2H3,(H2,23,27)(H,25,31)/b24-13-. The largest absolute Gasteiger partial charge is 0.379 e. The third-order valence-corrected chi connectivity index (χ3v) is 6.67. The van der Waals surface area contributed by atoms with Crippen LogP contribution in [0.25, 0.3) is 0 Å². The maximum absolute atomic E-state index is 12.2. The van der Waals surface area contributed by atoms with Gasteiger partial charge in [0, 0.05) is 43.5 Å². The Labute approximate surface area is 197 Å². The number of benzene rings is 1. The zero-order valence-electron chi connectivity index (χ0n) is 19.4. The first-order chi connectivity index (χ1) is 16.3. The van der Waals surface area contributed by atoms with Crippen LogP contribution < -0.4 is 21.0 Å². The quantitative estimate of drug-likeness (QED) is 0.368. The number of nitrogens with two attached hydrogens (primary N) is 1. The van der Waals surface area contributed by atoms with E-state index in [1.807, 2.05) is 6.07 Å². The van der Waals surface area contributed by atoms with E-state index in [9.17, 15) is 14.9 Å². The summed E-state index contributed by atoms with van der Waals surface area (Å²) in [7, 11) is 0. The van der Waals surface area contributed by atoms with Crippen molar-refractivity contribution in [2.75, 3.05) is 41.7 Å². The summed E-state index contributed by atoms with van der Waals surface area (Å²) in [5.74, 6) is 0.418. The summed E-state index contributed by atoms with van der Waals surface area (Å²) < 4.78 is 4.43. The first-order valence-electron chi connectivity index (χ1n) is 11.6. The number of nitrogens with zero attached hydrogens (tertiary/aromatic N) is 6. The number of piperidine rings is 2. The second-order valence-corrected chi connectivity index (χ2v) is 9.19. The third-order valence-electron chi connectivity index (χ3n) is 6.67. The highest BCUT2D eigenvalue weighted by molar-refractivity contribution is 5.97. The highest BCUT2D eigenvalue weighted by Gasteiger charge is 2.28. The van der Waals surface area contributed by atoms with Gasteiger partial charge in [0.2, 0.25) is 11.5 Å². The van der Waals surface area contributed by atoms with E-state index < -0.39 is 5.91 Å². The molecule has 0 aliphatic carbocycles. The average molecular weight is 471 g/mol. The van der Waals surface area contributed by atoms with E-state index in [2.05, 4.69) is 49.1 Å². The molecule has 0 unspecified atom stereocenters. The Hall–Kier alpha value is -3.70. The van der Waals surface area contributed by atoms with Gasteiger partial charge in [-0.25, -0.2) is 10.1 Å². The summed E-state index contributed by atoms with van der Waals surface area (Å²) in [5, 5.41) is 22.8. The molecule has 2 aliphatic heterocycles. The number of carbonyl (C=O) groups excluding carboxylic acids is 1. The molecule has 0 bridgehead atoms. The number of carbonyl (C=O) groups is 1. The lowest BCUT2D eigenvalue weighted by Gasteiger charge is -2.35. The van der Waals surface area contributed by atoms with Crippen molar-refractivity contribution >= 4 is 35.0 Å². The molecule has 3 N–H and O–H groups in total. The number of nitro groups is 1. The molecule has 12 heteroatoms. The Morgan fingerprint density at radius 2 is 1.71 bits per heavy atom. The minimum absolute atomic E-state index is 0.0291. The van der Waals surface area contributed by atoms with Gasteiger partial charge < -0.3 is 15.5 Å². The Kier molecular flexibility index (Phi) is 6.94. The molecule has 0 atom stereocenters. The highest BCUT2D eigenvalue weighted by Crippen LogP contribution is 2.38. The van der Waals surface area contributed by atoms with Crippen LogP contribution >= 0.6 is 0 Å². The normalized spacial score (nSPS) is 17.9. The minimum atomic E-state index is -0.683. The van der Waals surface area contributed by atoms with Crippen LogP contribution in [0.1, 0.15) is 55.6 Å². The molecule has 4 rings (SSSR count). The number of amides is 1. The van der Waals surface area contributed by atoms with Crippen LogP contribution in [0.5, 0.6) is 0 Å². The maximum atomic E-state index is 12.2. The lowest BCUT2D eigenvalue weighted by Crippen LogP contribution is -2.35. The van der Waals surface area contributed by atoms with Crippen molar-refractivity contribution in [1.29, 1.82) is 0 Å². The monoisotopic (exact) mass is 470 g/mol. The lowest BCUT2D eigenvalue weighted by atomic mass is 9.96. The van der Waals surface area contributed by atoms with E-state index in [0.29, 0.717) is 23.1 Å². The number of hydrazone groups is 1. The summed E-state index contributed by atoms with van der Waals surface area (Å²) in [6.45, 7) is 7.72. The minimum Gasteiger partial charge on any atom is -0.379 e. The van der Waals surface area contributed by atoms with E-state index in [0.717, 1.165) is 57.5 Å². The molecule has 0 spiro atoms. The molecular formula is C22H30N8O4. The van der Waals surface area contributed by atoms with E-state index in [1.165, 1.54) is 6.21 Å². The lowest BCUT2D eigenvalue weighted by molar-refractivity contribution is -0.384. The number of rotatable bonds is 6. The van der Waals surface area contributed by atoms with Crippen LogP contribution in [0, 0.1) is 22.0 Å². The van der Waals surface area contributed by atoms with E-state index in [4.69, 9.17) is 5.73 Å². The Morgan fingerprint density at radius 1 is 1.12 bits per heavy atom. The van der Waals surface area contributed by atoms with Gasteiger partial charge in [-0.2, -0.15) is 5.10 Å². The van der Waals surface area contributed by atoms with Crippen molar-refractivity contribution in [3.05, 3.63) is 33.5 Å². The molecule has 0 saturated carbocycles. The molecule has 1 aromatic heterocycles. The molecular weight excluding hydrogens is 440 g/mol. The molecule has 0 radical (unpaired) electrons. The van der Waals surface area contributed by atoms with Gasteiger partial charge in [-0.1, -0.05) is 13.8 Å². The van der Waals surface area contributed by atoms with E-state index >= 15 is 0 Å². The fourth-order valence-corrected chi connectivity index (χ4v) is 4.42. The van der Waals surface area contributed by atoms with Crippen LogP contribution in [-0.4, -0.2) is 53.5 Å². The van der Waals surface area contributed by atoms with Crippen LogP contribution in [0.3, 0.4) is 0 Å². The second kappa shape index (κ2) is 10.1. The number of nitro benzene ring substituents is 1. The molecule has 1 amide bonds. The molecule has 2 saturated heterocycles. The zero-order valence-corrected chi connectivity index (χ0v) is 19.4. The molecule has 12 nitrogen and oxygen atoms in total. The summed E-state index contributed by atoms with van der Waals surface area (Å²) in [5.41, 5.74) is 9.78. The highest BCUT2D eigenvalue weighted by atomic mass is 16.6. The number of nitrogen functional groups attached to an aromatic ring is 1. The fraction of sp³-hybridized carbons (Fsp3) is 0.545. The average Bonchev–Trinajstić information content (AvgIpc) is 3.26. The number of aromatic nitrogens is 2. The van der Waals surface area contributed by atoms with Crippen LogP contribution in [0.2, 0.25) is 0 Å². The van der Waals surface area contributed by atoms with Crippen LogP contribution in [0.15, 0.2) is 21.9 Å². The van der Waals surface area contributed by atoms with Gasteiger partial charge in [0.1, 0.15) is 5.69 Å². The van der Waals surface area contributed by atoms with Gasteiger partial charge >= 0.3 is 0 Å². The zero-order chi connectivity index (χ0) is 24.2. The molecule has 1 aromatic carbocycles. The van der Waals surface area contributed by atoms with Gasteiger partial charge in [0.05, 0.1) is 11.1 Å². The van der Waals surface area contributed by atoms with Gasteiger partial charge in [0.25, 0.3) is 11.6 Å². The first-order valence-corrected chi connectivity index (χ1v) is 11.6. The van der Waals surface area contributed by atoms with E-state index in [1.54, 1.807) is 6.07 Å². The summed E-state index contributed by atoms with van der Waals surface area (Å²) in [4.78, 5) is 28.2. The second-order valence-electron chi connectivity index (χ2n) is 9.19. The van der Waals surface area contributed by atoms with Crippen molar-refractivity contribution in [3.8, 4) is 0 Å². The Morgan fingerprint density at radius 3 is 2.24 bits per heavy atom. The predicted octanol–water partition coefficient (Wildman–Crippen LogP) is 2.80. The van der Waals surface area contributed by atoms with Gasteiger partial charge in [-0.15, -0.1) is 0 Å². The van der Waals surface area contributed by atoms with E-state index in [-0.39, 0.29) is 22.1 Å². The third kappa shape index (κ3) is 5.10. The molecule has 3 heterocycles. The smallest absolute Gasteiger partial charge is 0.297 e. The topological polar surface area (TPSA) is 156 Å². The number of hydrogen-bond acceptors (Lipinski definition) is 10. The number of nitrogens with one attached hydrogen (secondary N) is 1. The predicted molar refractivity (Wildman–Crippen MR) is 128 cm³/mol. The van der Waals surface area contributed by atoms with Gasteiger partial charge in [-0.3, -0.25) is 14.9 Å². The molecule has 2 fully saturated rings. The fourth-order valence-electron chi connectivity index (χ4n) is 4.42. The molecule has 2 aliphatic rings. The first kappa shape index (κ1) is 23.5. The van der Waals surface area contributed by atoms with Crippen LogP contribution in [0.4, 0.5) is 22.9 Å². The van der Waals surface area contributed by atoms with Crippen molar-refractivity contribution in [2.24, 2.45) is 16.9 Å². The van der Waals surface area contributed by atoms with Gasteiger partial charge in [-0.05, 0) is 53.9 Å². The molecule has 2 aromatic rings. The van der Waals surface area contributed by atoms with Crippen molar-refractivity contribution in [3.63, 3.8) is 0 Å². The van der Waals surface area contributed by atoms with Crippen LogP contribution in [-0.2, 0) is 0 Å². The molecule has 34 heavy (non-hydrogen) atoms. The van der Waals surface area contributed by atoms with Gasteiger partial charge in [0.15, 0.2) is 0 Å². The van der Waals surface area contributed by atoms with Crippen molar-refractivity contribution in [2.45, 2.75) is 39.5 Å². The Bertz CT molecular complexity index is 1070. The summed E-state index contributed by atoms with van der Waals surface area (Å²) in [6, 6.07) is 3.45. The maximum Gasteiger partial charge on any atom is 0.297 e. The van der Waals surface area contributed by atoms with Crippen molar-refractivity contribution < 1.29 is 14.3 Å². The number of anilines is 3. The summed E-state index contributed by atoms with van der Waals surface area (Å²) >= 11 is 0.